The summed E-state index contributed by atoms with van der Waals surface area (Å²) in [5.74, 6) is 0. The Bertz CT molecular complexity index is 621. The summed E-state index contributed by atoms with van der Waals surface area (Å²) in [4.78, 5) is 24.6. The number of carbonyl (C=O) groups is 1. The van der Waals surface area contributed by atoms with Crippen molar-refractivity contribution in [1.29, 1.82) is 0 Å². The summed E-state index contributed by atoms with van der Waals surface area (Å²) in [6.45, 7) is 5.50. The van der Waals surface area contributed by atoms with Gasteiger partial charge in [-0.05, 0) is 50.8 Å². The summed E-state index contributed by atoms with van der Waals surface area (Å²) < 4.78 is 5.46. The predicted molar refractivity (Wildman–Crippen MR) is 75.9 cm³/mol. The zero-order valence-corrected chi connectivity index (χ0v) is 12.3. The van der Waals surface area contributed by atoms with E-state index in [0.717, 1.165) is 24.0 Å². The second-order valence-corrected chi connectivity index (χ2v) is 6.57. The van der Waals surface area contributed by atoms with Gasteiger partial charge in [-0.3, -0.25) is 15.0 Å². The van der Waals surface area contributed by atoms with Crippen LogP contribution in [0.4, 0.5) is 10.5 Å². The van der Waals surface area contributed by atoms with Crippen LogP contribution in [0.5, 0.6) is 0 Å². The second-order valence-electron chi connectivity index (χ2n) is 6.57. The number of hydrogen-bond donors (Lipinski definition) is 0. The average Bonchev–Trinajstić information content (AvgIpc) is 2.92. The molecule has 2 aliphatic rings. The molecule has 0 saturated carbocycles. The number of nitro groups is 1. The molecule has 2 aliphatic heterocycles. The van der Waals surface area contributed by atoms with Crippen LogP contribution in [0.2, 0.25) is 0 Å². The van der Waals surface area contributed by atoms with Gasteiger partial charge in [0.15, 0.2) is 0 Å². The average molecular weight is 290 g/mol. The normalized spacial score (nSPS) is 23.1. The Labute approximate surface area is 122 Å². The topological polar surface area (TPSA) is 72.7 Å². The minimum atomic E-state index is -0.544. The van der Waals surface area contributed by atoms with Crippen LogP contribution in [0.15, 0.2) is 18.2 Å². The number of benzene rings is 1. The lowest BCUT2D eigenvalue weighted by Crippen LogP contribution is -2.34. The summed E-state index contributed by atoms with van der Waals surface area (Å²) in [6.07, 6.45) is 1.38. The molecule has 112 valence electrons. The van der Waals surface area contributed by atoms with Gasteiger partial charge in [0.25, 0.3) is 5.69 Å². The van der Waals surface area contributed by atoms with Crippen molar-refractivity contribution < 1.29 is 14.5 Å². The second kappa shape index (κ2) is 4.44. The summed E-state index contributed by atoms with van der Waals surface area (Å²) in [5, 5.41) is 10.9. The van der Waals surface area contributed by atoms with Crippen LogP contribution in [0.25, 0.3) is 0 Å². The maximum Gasteiger partial charge on any atom is 0.411 e. The number of carbonyl (C=O) groups excluding carboxylic acids is 1. The summed E-state index contributed by atoms with van der Waals surface area (Å²) >= 11 is 0. The highest BCUT2D eigenvalue weighted by Crippen LogP contribution is 2.54. The third-order valence-corrected chi connectivity index (χ3v) is 3.99. The molecule has 0 N–H and O–H groups in total. The van der Waals surface area contributed by atoms with E-state index in [-0.39, 0.29) is 23.9 Å². The first-order valence-corrected chi connectivity index (χ1v) is 7.07. The molecule has 2 bridgehead atoms. The first-order chi connectivity index (χ1) is 9.78. The number of non-ortho nitro benzene ring substituents is 1. The lowest BCUT2D eigenvalue weighted by molar-refractivity contribution is -0.384. The minimum absolute atomic E-state index is 0.0133. The molecule has 0 unspecified atom stereocenters. The zero-order chi connectivity index (χ0) is 15.4. The van der Waals surface area contributed by atoms with Crippen LogP contribution in [0, 0.1) is 10.1 Å². The first-order valence-electron chi connectivity index (χ1n) is 7.07. The first kappa shape index (κ1) is 13.9. The van der Waals surface area contributed by atoms with Gasteiger partial charge in [0.05, 0.1) is 17.0 Å². The van der Waals surface area contributed by atoms with Crippen molar-refractivity contribution in [2.45, 2.75) is 51.3 Å². The molecule has 21 heavy (non-hydrogen) atoms. The summed E-state index contributed by atoms with van der Waals surface area (Å²) in [7, 11) is 0. The molecule has 2 heterocycles. The maximum atomic E-state index is 12.4. The van der Waals surface area contributed by atoms with Crippen molar-refractivity contribution in [3.8, 4) is 0 Å². The number of ether oxygens (including phenoxy) is 1. The molecule has 1 fully saturated rings. The molecule has 1 aromatic carbocycles. The van der Waals surface area contributed by atoms with Crippen molar-refractivity contribution in [2.75, 3.05) is 0 Å². The maximum absolute atomic E-state index is 12.4. The van der Waals surface area contributed by atoms with Gasteiger partial charge < -0.3 is 4.74 Å². The van der Waals surface area contributed by atoms with Gasteiger partial charge in [-0.2, -0.15) is 0 Å². The third kappa shape index (κ3) is 2.24. The molecule has 1 aromatic rings. The standard InChI is InChI=1S/C15H18N2O4/c1-15(2,3)21-14(18)16-12-6-7-13(16)11-8-9(17(19)20)4-5-10(11)12/h4-5,8,12-13H,6-7H2,1-3H3/t12-,13+/m1/s1. The Hall–Kier alpha value is -2.11. The van der Waals surface area contributed by atoms with Gasteiger partial charge in [0, 0.05) is 12.1 Å². The Morgan fingerprint density at radius 2 is 1.90 bits per heavy atom. The van der Waals surface area contributed by atoms with E-state index >= 15 is 0 Å². The molecule has 1 saturated heterocycles. The number of nitrogens with zero attached hydrogens (tertiary/aromatic N) is 2. The van der Waals surface area contributed by atoms with Crippen LogP contribution >= 0.6 is 0 Å². The fourth-order valence-electron chi connectivity index (χ4n) is 3.26. The smallest absolute Gasteiger partial charge is 0.411 e. The van der Waals surface area contributed by atoms with Crippen LogP contribution in [0.3, 0.4) is 0 Å². The lowest BCUT2D eigenvalue weighted by Gasteiger charge is -2.27. The number of fused-ring (bicyclic) bond motifs is 5. The molecule has 0 spiro atoms. The van der Waals surface area contributed by atoms with Crippen LogP contribution in [0.1, 0.15) is 56.8 Å². The SMILES string of the molecule is CC(C)(C)OC(=O)N1[C@@H]2CC[C@H]1c1cc([N+](=O)[O-])ccc12. The molecule has 1 amide bonds. The molecule has 0 aromatic heterocycles. The van der Waals surface area contributed by atoms with Gasteiger partial charge in [0.2, 0.25) is 0 Å². The van der Waals surface area contributed by atoms with E-state index in [2.05, 4.69) is 0 Å². The zero-order valence-electron chi connectivity index (χ0n) is 12.3. The number of hydrogen-bond acceptors (Lipinski definition) is 4. The highest BCUT2D eigenvalue weighted by molar-refractivity contribution is 5.72. The van der Waals surface area contributed by atoms with Crippen molar-refractivity contribution in [2.24, 2.45) is 0 Å². The molecular weight excluding hydrogens is 272 g/mol. The molecule has 6 nitrogen and oxygen atoms in total. The molecule has 2 atom stereocenters. The van der Waals surface area contributed by atoms with Crippen molar-refractivity contribution in [1.82, 2.24) is 4.90 Å². The van der Waals surface area contributed by atoms with Crippen molar-refractivity contribution in [3.63, 3.8) is 0 Å². The minimum Gasteiger partial charge on any atom is -0.444 e. The van der Waals surface area contributed by atoms with Crippen LogP contribution in [-0.4, -0.2) is 21.5 Å². The van der Waals surface area contributed by atoms with Crippen molar-refractivity contribution >= 4 is 11.8 Å². The quantitative estimate of drug-likeness (QED) is 0.583. The number of nitro benzene ring substituents is 1. The Morgan fingerprint density at radius 3 is 2.48 bits per heavy atom. The number of rotatable bonds is 1. The Morgan fingerprint density at radius 1 is 1.29 bits per heavy atom. The van der Waals surface area contributed by atoms with E-state index in [0.29, 0.717) is 0 Å². The molecule has 6 heteroatoms. The van der Waals surface area contributed by atoms with Crippen LogP contribution in [-0.2, 0) is 4.74 Å². The van der Waals surface area contributed by atoms with Crippen LogP contribution < -0.4 is 0 Å². The third-order valence-electron chi connectivity index (χ3n) is 3.99. The highest BCUT2D eigenvalue weighted by Gasteiger charge is 2.48. The van der Waals surface area contributed by atoms with E-state index in [4.69, 9.17) is 4.74 Å². The summed E-state index contributed by atoms with van der Waals surface area (Å²) in [6, 6.07) is 4.76. The fraction of sp³-hybridized carbons (Fsp3) is 0.533. The Kier molecular flexibility index (Phi) is 2.93. The van der Waals surface area contributed by atoms with Gasteiger partial charge in [-0.25, -0.2) is 4.79 Å². The van der Waals surface area contributed by atoms with Gasteiger partial charge >= 0.3 is 6.09 Å². The summed E-state index contributed by atoms with van der Waals surface area (Å²) in [5.41, 5.74) is 1.44. The molecule has 0 aliphatic carbocycles. The Balaban J connectivity index is 1.92. The predicted octanol–water partition coefficient (Wildman–Crippen LogP) is 3.72. The molecule has 3 rings (SSSR count). The van der Waals surface area contributed by atoms with E-state index in [9.17, 15) is 14.9 Å². The van der Waals surface area contributed by atoms with Gasteiger partial charge in [-0.1, -0.05) is 0 Å². The van der Waals surface area contributed by atoms with E-state index < -0.39 is 10.5 Å². The van der Waals surface area contributed by atoms with E-state index in [1.54, 1.807) is 17.0 Å². The molecule has 0 radical (unpaired) electrons. The van der Waals surface area contributed by atoms with Gasteiger partial charge in [-0.15, -0.1) is 0 Å². The van der Waals surface area contributed by atoms with E-state index in [1.807, 2.05) is 20.8 Å². The number of amides is 1. The fourth-order valence-corrected chi connectivity index (χ4v) is 3.26. The molecular formula is C15H18N2O4. The van der Waals surface area contributed by atoms with Crippen molar-refractivity contribution in [3.05, 3.63) is 39.4 Å². The highest BCUT2D eigenvalue weighted by atomic mass is 16.6. The van der Waals surface area contributed by atoms with Gasteiger partial charge in [0.1, 0.15) is 5.60 Å². The lowest BCUT2D eigenvalue weighted by atomic mass is 9.91. The largest absolute Gasteiger partial charge is 0.444 e. The monoisotopic (exact) mass is 290 g/mol. The van der Waals surface area contributed by atoms with E-state index in [1.165, 1.54) is 6.07 Å².